The van der Waals surface area contributed by atoms with Crippen LogP contribution in [0, 0.1) is 11.6 Å². The lowest BCUT2D eigenvalue weighted by atomic mass is 9.87. The van der Waals surface area contributed by atoms with Gasteiger partial charge in [0.1, 0.15) is 22.8 Å². The molecule has 0 spiro atoms. The normalized spacial score (nSPS) is 11.8. The molecule has 0 fully saturated rings. The first kappa shape index (κ1) is 20.5. The van der Waals surface area contributed by atoms with Crippen molar-refractivity contribution in [2.45, 2.75) is 0 Å². The van der Waals surface area contributed by atoms with Gasteiger partial charge in [0.05, 0.1) is 11.1 Å². The number of hydrogen-bond acceptors (Lipinski definition) is 4. The highest BCUT2D eigenvalue weighted by Crippen LogP contribution is 2.45. The summed E-state index contributed by atoms with van der Waals surface area (Å²) in [7, 11) is 0. The Balaban J connectivity index is 1.79. The summed E-state index contributed by atoms with van der Waals surface area (Å²) in [4.78, 5) is 26.5. The summed E-state index contributed by atoms with van der Waals surface area (Å²) in [6.45, 7) is 0. The zero-order valence-electron chi connectivity index (χ0n) is 18.5. The molecule has 0 bridgehead atoms. The SMILES string of the molecule is O=c1oc2cccc3c4c(-c5ccc(F)cc5)c(=O)oc5cccc(c(c1-c1ccc(F)cc1)c23)c54. The maximum atomic E-state index is 13.7. The summed E-state index contributed by atoms with van der Waals surface area (Å²) in [5.41, 5.74) is 1.21. The highest BCUT2D eigenvalue weighted by atomic mass is 19.1. The van der Waals surface area contributed by atoms with Crippen LogP contribution < -0.4 is 11.3 Å². The topological polar surface area (TPSA) is 60.4 Å². The molecular formula is C30H14F2O4. The lowest BCUT2D eigenvalue weighted by molar-refractivity contribution is 0.564. The van der Waals surface area contributed by atoms with Crippen molar-refractivity contribution in [2.24, 2.45) is 0 Å². The van der Waals surface area contributed by atoms with Gasteiger partial charge in [-0.15, -0.1) is 0 Å². The number of rotatable bonds is 2. The predicted octanol–water partition coefficient (Wildman–Crippen LogP) is 7.26. The minimum atomic E-state index is -0.558. The van der Waals surface area contributed by atoms with E-state index in [2.05, 4.69) is 0 Å². The van der Waals surface area contributed by atoms with E-state index < -0.39 is 22.9 Å². The van der Waals surface area contributed by atoms with Crippen LogP contribution in [-0.4, -0.2) is 0 Å². The monoisotopic (exact) mass is 476 g/mol. The summed E-state index contributed by atoms with van der Waals surface area (Å²) in [5.74, 6) is -0.840. The molecule has 7 aromatic rings. The van der Waals surface area contributed by atoms with E-state index >= 15 is 0 Å². The van der Waals surface area contributed by atoms with Crippen LogP contribution in [0.15, 0.2) is 103 Å². The third-order valence-electron chi connectivity index (χ3n) is 6.67. The Hall–Kier alpha value is -4.84. The molecule has 0 aliphatic heterocycles. The van der Waals surface area contributed by atoms with E-state index in [4.69, 9.17) is 8.83 Å². The largest absolute Gasteiger partial charge is 0.422 e. The van der Waals surface area contributed by atoms with E-state index in [0.29, 0.717) is 65.7 Å². The molecule has 6 heteroatoms. The fourth-order valence-corrected chi connectivity index (χ4v) is 5.22. The Morgan fingerprint density at radius 1 is 0.472 bits per heavy atom. The average molecular weight is 476 g/mol. The minimum absolute atomic E-state index is 0.294. The van der Waals surface area contributed by atoms with Gasteiger partial charge >= 0.3 is 11.3 Å². The van der Waals surface area contributed by atoms with Gasteiger partial charge in [0.25, 0.3) is 0 Å². The fourth-order valence-electron chi connectivity index (χ4n) is 5.22. The number of hydrogen-bond donors (Lipinski definition) is 0. The van der Waals surface area contributed by atoms with E-state index in [1.165, 1.54) is 48.5 Å². The molecule has 0 radical (unpaired) electrons. The van der Waals surface area contributed by atoms with Crippen LogP contribution in [-0.2, 0) is 0 Å². The first-order chi connectivity index (χ1) is 17.5. The van der Waals surface area contributed by atoms with Crippen molar-refractivity contribution in [1.29, 1.82) is 0 Å². The summed E-state index contributed by atoms with van der Waals surface area (Å²) >= 11 is 0. The van der Waals surface area contributed by atoms with Gasteiger partial charge in [0, 0.05) is 21.5 Å². The van der Waals surface area contributed by atoms with Gasteiger partial charge in [-0.05, 0) is 58.3 Å². The summed E-state index contributed by atoms with van der Waals surface area (Å²) < 4.78 is 38.9. The summed E-state index contributed by atoms with van der Waals surface area (Å²) in [6, 6.07) is 22.0. The predicted molar refractivity (Wildman–Crippen MR) is 136 cm³/mol. The molecule has 0 N–H and O–H groups in total. The molecule has 0 aliphatic rings. The first-order valence-electron chi connectivity index (χ1n) is 11.2. The van der Waals surface area contributed by atoms with Crippen LogP contribution >= 0.6 is 0 Å². The van der Waals surface area contributed by atoms with Gasteiger partial charge in [-0.25, -0.2) is 18.4 Å². The van der Waals surface area contributed by atoms with E-state index in [1.54, 1.807) is 24.3 Å². The van der Waals surface area contributed by atoms with E-state index in [9.17, 15) is 18.4 Å². The maximum Gasteiger partial charge on any atom is 0.344 e. The number of halogens is 2. The van der Waals surface area contributed by atoms with Crippen LogP contribution in [0.3, 0.4) is 0 Å². The van der Waals surface area contributed by atoms with Crippen molar-refractivity contribution in [2.75, 3.05) is 0 Å². The van der Waals surface area contributed by atoms with E-state index in [1.807, 2.05) is 12.1 Å². The Morgan fingerprint density at radius 3 is 1.25 bits per heavy atom. The molecule has 4 nitrogen and oxygen atoms in total. The Morgan fingerprint density at radius 2 is 0.861 bits per heavy atom. The molecular weight excluding hydrogens is 462 g/mol. The van der Waals surface area contributed by atoms with E-state index in [-0.39, 0.29) is 0 Å². The molecule has 0 saturated carbocycles. The first-order valence-corrected chi connectivity index (χ1v) is 11.2. The van der Waals surface area contributed by atoms with Crippen molar-refractivity contribution in [3.05, 3.63) is 117 Å². The number of benzene rings is 5. The van der Waals surface area contributed by atoms with E-state index in [0.717, 1.165) is 0 Å². The number of fused-ring (bicyclic) bond motifs is 2. The van der Waals surface area contributed by atoms with Crippen molar-refractivity contribution in [3.63, 3.8) is 0 Å². The Kier molecular flexibility index (Phi) is 4.18. The van der Waals surface area contributed by atoms with Crippen molar-refractivity contribution in [1.82, 2.24) is 0 Å². The molecule has 0 unspecified atom stereocenters. The maximum absolute atomic E-state index is 13.7. The zero-order valence-corrected chi connectivity index (χ0v) is 18.5. The van der Waals surface area contributed by atoms with Crippen LogP contribution in [0.1, 0.15) is 0 Å². The second-order valence-electron chi connectivity index (χ2n) is 8.65. The molecule has 0 saturated heterocycles. The second-order valence-corrected chi connectivity index (χ2v) is 8.65. The van der Waals surface area contributed by atoms with Gasteiger partial charge in [-0.1, -0.05) is 48.5 Å². The summed E-state index contributed by atoms with van der Waals surface area (Å²) in [6.07, 6.45) is 0. The van der Waals surface area contributed by atoms with Crippen LogP contribution in [0.25, 0.3) is 65.7 Å². The van der Waals surface area contributed by atoms with Gasteiger partial charge in [0.2, 0.25) is 0 Å². The molecule has 36 heavy (non-hydrogen) atoms. The highest BCUT2D eigenvalue weighted by molar-refractivity contribution is 6.35. The third-order valence-corrected chi connectivity index (χ3v) is 6.67. The minimum Gasteiger partial charge on any atom is -0.422 e. The molecule has 7 rings (SSSR count). The lowest BCUT2D eigenvalue weighted by Crippen LogP contribution is -2.08. The zero-order chi connectivity index (χ0) is 24.6. The van der Waals surface area contributed by atoms with Crippen molar-refractivity contribution < 1.29 is 17.6 Å². The standard InChI is InChI=1S/C30H14F2O4/c31-17-11-7-15(8-12-17)23-27-19-3-1-5-21-25(19)28(20-4-2-6-22(26(20)27)36-30(23)34)24(29(33)35-21)16-9-13-18(32)14-10-16/h1-14H. The molecule has 5 aromatic carbocycles. The molecule has 0 amide bonds. The average Bonchev–Trinajstić information content (AvgIpc) is 2.87. The van der Waals surface area contributed by atoms with Crippen LogP contribution in [0.2, 0.25) is 0 Å². The Labute approximate surface area is 201 Å². The fraction of sp³-hybridized carbons (Fsp3) is 0. The van der Waals surface area contributed by atoms with Crippen molar-refractivity contribution >= 4 is 43.5 Å². The van der Waals surface area contributed by atoms with Gasteiger partial charge in [0.15, 0.2) is 0 Å². The second kappa shape index (κ2) is 7.33. The molecule has 172 valence electrons. The Bertz CT molecular complexity index is 1930. The van der Waals surface area contributed by atoms with Crippen molar-refractivity contribution in [3.8, 4) is 22.3 Å². The quantitative estimate of drug-likeness (QED) is 0.150. The van der Waals surface area contributed by atoms with Gasteiger partial charge in [-0.3, -0.25) is 0 Å². The molecule has 2 aromatic heterocycles. The smallest absolute Gasteiger partial charge is 0.344 e. The molecule has 0 aliphatic carbocycles. The molecule has 2 heterocycles. The van der Waals surface area contributed by atoms with Crippen LogP contribution in [0.4, 0.5) is 8.78 Å². The highest BCUT2D eigenvalue weighted by Gasteiger charge is 2.24. The summed E-state index contributed by atoms with van der Waals surface area (Å²) in [5, 5.41) is 3.94. The molecule has 0 atom stereocenters. The third kappa shape index (κ3) is 2.78. The van der Waals surface area contributed by atoms with Gasteiger partial charge in [-0.2, -0.15) is 0 Å². The van der Waals surface area contributed by atoms with Crippen LogP contribution in [0.5, 0.6) is 0 Å². The van der Waals surface area contributed by atoms with Gasteiger partial charge < -0.3 is 8.83 Å². The lowest BCUT2D eigenvalue weighted by Gasteiger charge is -2.17.